The van der Waals surface area contributed by atoms with E-state index in [4.69, 9.17) is 16.3 Å². The Morgan fingerprint density at radius 1 is 1.33 bits per heavy atom. The summed E-state index contributed by atoms with van der Waals surface area (Å²) in [5.41, 5.74) is 1.07. The maximum Gasteiger partial charge on any atom is 0.322 e. The second kappa shape index (κ2) is 5.86. The molecule has 3 rings (SSSR count). The van der Waals surface area contributed by atoms with Gasteiger partial charge in [-0.1, -0.05) is 11.6 Å². The molecule has 8 heteroatoms. The Morgan fingerprint density at radius 2 is 2.08 bits per heavy atom. The Balaban J connectivity index is 2.22. The van der Waals surface area contributed by atoms with E-state index in [0.29, 0.717) is 16.3 Å². The average molecular weight is 347 g/mol. The number of fused-ring (bicyclic) bond motifs is 1. The summed E-state index contributed by atoms with van der Waals surface area (Å²) in [5.74, 6) is -1.02. The SMILES string of the molecule is COc1c(O)ccc(C=C2C(=O)Nc3ccc(Cl)cc32)c1[N+](=O)[O-]. The van der Waals surface area contributed by atoms with E-state index >= 15 is 0 Å². The van der Waals surface area contributed by atoms with Crippen LogP contribution >= 0.6 is 11.6 Å². The molecule has 2 N–H and O–H groups in total. The normalized spacial score (nSPS) is 14.4. The first-order chi connectivity index (χ1) is 11.4. The molecule has 2 aromatic rings. The van der Waals surface area contributed by atoms with Crippen molar-refractivity contribution >= 4 is 40.5 Å². The fourth-order valence-corrected chi connectivity index (χ4v) is 2.71. The highest BCUT2D eigenvalue weighted by atomic mass is 35.5. The summed E-state index contributed by atoms with van der Waals surface area (Å²) in [7, 11) is 1.22. The lowest BCUT2D eigenvalue weighted by Gasteiger charge is -2.07. The van der Waals surface area contributed by atoms with Crippen molar-refractivity contribution in [2.24, 2.45) is 0 Å². The zero-order chi connectivity index (χ0) is 17.4. The molecule has 0 atom stereocenters. The van der Waals surface area contributed by atoms with Crippen LogP contribution < -0.4 is 10.1 Å². The second-order valence-electron chi connectivity index (χ2n) is 5.01. The molecule has 0 saturated heterocycles. The molecule has 0 spiro atoms. The summed E-state index contributed by atoms with van der Waals surface area (Å²) in [6, 6.07) is 7.50. The summed E-state index contributed by atoms with van der Waals surface area (Å²) in [4.78, 5) is 22.9. The summed E-state index contributed by atoms with van der Waals surface area (Å²) >= 11 is 5.96. The number of rotatable bonds is 3. The van der Waals surface area contributed by atoms with E-state index in [1.54, 1.807) is 18.2 Å². The second-order valence-corrected chi connectivity index (χ2v) is 5.45. The van der Waals surface area contributed by atoms with E-state index in [2.05, 4.69) is 5.32 Å². The number of hydrogen-bond acceptors (Lipinski definition) is 5. The molecule has 122 valence electrons. The fourth-order valence-electron chi connectivity index (χ4n) is 2.54. The van der Waals surface area contributed by atoms with Gasteiger partial charge in [-0.25, -0.2) is 0 Å². The van der Waals surface area contributed by atoms with Gasteiger partial charge in [0, 0.05) is 21.8 Å². The summed E-state index contributed by atoms with van der Waals surface area (Å²) < 4.78 is 4.92. The molecular formula is C16H11ClN2O5. The van der Waals surface area contributed by atoms with Gasteiger partial charge >= 0.3 is 5.69 Å². The standard InChI is InChI=1S/C16H11ClN2O5/c1-24-15-13(20)5-2-8(14(15)19(22)23)6-11-10-7-9(17)3-4-12(10)18-16(11)21/h2-7,20H,1H3,(H,18,21). The highest BCUT2D eigenvalue weighted by molar-refractivity contribution is 6.36. The maximum atomic E-state index is 12.2. The van der Waals surface area contributed by atoms with Crippen LogP contribution in [0.5, 0.6) is 11.5 Å². The van der Waals surface area contributed by atoms with Crippen molar-refractivity contribution in [3.05, 3.63) is 56.6 Å². The molecule has 0 unspecified atom stereocenters. The van der Waals surface area contributed by atoms with E-state index in [0.717, 1.165) is 0 Å². The number of anilines is 1. The molecule has 0 bridgehead atoms. The average Bonchev–Trinajstić information content (AvgIpc) is 2.83. The van der Waals surface area contributed by atoms with Gasteiger partial charge in [0.1, 0.15) is 0 Å². The van der Waals surface area contributed by atoms with Gasteiger partial charge in [0.05, 0.1) is 17.6 Å². The van der Waals surface area contributed by atoms with Crippen LogP contribution in [0.3, 0.4) is 0 Å². The number of benzene rings is 2. The largest absolute Gasteiger partial charge is 0.504 e. The molecule has 0 aliphatic carbocycles. The zero-order valence-corrected chi connectivity index (χ0v) is 13.1. The van der Waals surface area contributed by atoms with Crippen LogP contribution in [0.15, 0.2) is 30.3 Å². The number of halogens is 1. The predicted molar refractivity (Wildman–Crippen MR) is 89.3 cm³/mol. The number of nitro groups is 1. The van der Waals surface area contributed by atoms with Crippen molar-refractivity contribution in [1.82, 2.24) is 0 Å². The number of methoxy groups -OCH3 is 1. The van der Waals surface area contributed by atoms with E-state index in [1.165, 1.54) is 25.3 Å². The minimum absolute atomic E-state index is 0.132. The Hall–Kier alpha value is -3.06. The lowest BCUT2D eigenvalue weighted by atomic mass is 10.0. The number of nitrogens with one attached hydrogen (secondary N) is 1. The van der Waals surface area contributed by atoms with Crippen molar-refractivity contribution in [2.75, 3.05) is 12.4 Å². The minimum atomic E-state index is -0.670. The van der Waals surface area contributed by atoms with Crippen molar-refractivity contribution in [3.8, 4) is 11.5 Å². The topological polar surface area (TPSA) is 102 Å². The fraction of sp³-hybridized carbons (Fsp3) is 0.0625. The van der Waals surface area contributed by atoms with Crippen molar-refractivity contribution in [3.63, 3.8) is 0 Å². The van der Waals surface area contributed by atoms with Crippen LogP contribution in [0.2, 0.25) is 5.02 Å². The molecule has 24 heavy (non-hydrogen) atoms. The molecule has 1 heterocycles. The Kier molecular flexibility index (Phi) is 3.86. The summed E-state index contributed by atoms with van der Waals surface area (Å²) in [6.45, 7) is 0. The number of ether oxygens (including phenoxy) is 1. The van der Waals surface area contributed by atoms with Crippen LogP contribution in [-0.2, 0) is 4.79 Å². The number of hydrogen-bond donors (Lipinski definition) is 2. The molecule has 7 nitrogen and oxygen atoms in total. The van der Waals surface area contributed by atoms with Gasteiger partial charge in [0.25, 0.3) is 5.91 Å². The number of carbonyl (C=O) groups is 1. The van der Waals surface area contributed by atoms with Crippen molar-refractivity contribution in [1.29, 1.82) is 0 Å². The molecule has 0 fully saturated rings. The molecule has 0 radical (unpaired) electrons. The number of nitro benzene ring substituents is 1. The van der Waals surface area contributed by atoms with Gasteiger partial charge < -0.3 is 15.2 Å². The molecule has 1 amide bonds. The number of carbonyl (C=O) groups excluding carboxylic acids is 1. The highest BCUT2D eigenvalue weighted by Gasteiger charge is 2.28. The number of phenols is 1. The van der Waals surface area contributed by atoms with Gasteiger partial charge in [-0.3, -0.25) is 14.9 Å². The van der Waals surface area contributed by atoms with E-state index in [9.17, 15) is 20.0 Å². The molecular weight excluding hydrogens is 336 g/mol. The van der Waals surface area contributed by atoms with Gasteiger partial charge in [-0.05, 0) is 36.4 Å². The number of phenolic OH excluding ortho intramolecular Hbond substituents is 1. The zero-order valence-electron chi connectivity index (χ0n) is 12.4. The van der Waals surface area contributed by atoms with Gasteiger partial charge in [-0.15, -0.1) is 0 Å². The maximum absolute atomic E-state index is 12.2. The highest BCUT2D eigenvalue weighted by Crippen LogP contribution is 2.42. The molecule has 1 aliphatic rings. The first-order valence-electron chi connectivity index (χ1n) is 6.79. The lowest BCUT2D eigenvalue weighted by Crippen LogP contribution is -2.04. The monoisotopic (exact) mass is 346 g/mol. The Morgan fingerprint density at radius 3 is 2.75 bits per heavy atom. The van der Waals surface area contributed by atoms with E-state index < -0.39 is 16.5 Å². The smallest absolute Gasteiger partial charge is 0.322 e. The van der Waals surface area contributed by atoms with Crippen LogP contribution in [0.4, 0.5) is 11.4 Å². The summed E-state index contributed by atoms with van der Waals surface area (Å²) in [5, 5.41) is 24.2. The van der Waals surface area contributed by atoms with Gasteiger partial charge in [-0.2, -0.15) is 0 Å². The molecule has 2 aromatic carbocycles. The van der Waals surface area contributed by atoms with Crippen molar-refractivity contribution in [2.45, 2.75) is 0 Å². The van der Waals surface area contributed by atoms with E-state index in [-0.39, 0.29) is 22.6 Å². The van der Waals surface area contributed by atoms with Gasteiger partial charge in [0.2, 0.25) is 5.75 Å². The lowest BCUT2D eigenvalue weighted by molar-refractivity contribution is -0.386. The minimum Gasteiger partial charge on any atom is -0.504 e. The number of nitrogens with zero attached hydrogens (tertiary/aromatic N) is 1. The third-order valence-electron chi connectivity index (χ3n) is 3.59. The third kappa shape index (κ3) is 2.55. The first kappa shape index (κ1) is 15.8. The van der Waals surface area contributed by atoms with Crippen LogP contribution in [-0.4, -0.2) is 23.0 Å². The van der Waals surface area contributed by atoms with Gasteiger partial charge in [0.15, 0.2) is 5.75 Å². The predicted octanol–water partition coefficient (Wildman–Crippen LogP) is 3.46. The Labute approximate surface area is 141 Å². The van der Waals surface area contributed by atoms with Crippen LogP contribution in [0, 0.1) is 10.1 Å². The number of amides is 1. The third-order valence-corrected chi connectivity index (χ3v) is 3.83. The van der Waals surface area contributed by atoms with Crippen molar-refractivity contribution < 1.29 is 19.6 Å². The van der Waals surface area contributed by atoms with Crippen LogP contribution in [0.25, 0.3) is 11.6 Å². The Bertz CT molecular complexity index is 908. The number of aromatic hydroxyl groups is 1. The quantitative estimate of drug-likeness (QED) is 0.503. The van der Waals surface area contributed by atoms with E-state index in [1.807, 2.05) is 0 Å². The summed E-state index contributed by atoms with van der Waals surface area (Å²) in [6.07, 6.45) is 1.37. The van der Waals surface area contributed by atoms with Crippen LogP contribution in [0.1, 0.15) is 11.1 Å². The molecule has 0 aromatic heterocycles. The first-order valence-corrected chi connectivity index (χ1v) is 7.17. The molecule has 0 saturated carbocycles. The molecule has 1 aliphatic heterocycles.